The first-order valence-corrected chi connectivity index (χ1v) is 4.29. The lowest BCUT2D eigenvalue weighted by molar-refractivity contribution is 0.0953. The van der Waals surface area contributed by atoms with E-state index in [0.29, 0.717) is 0 Å². The van der Waals surface area contributed by atoms with Crippen LogP contribution in [0.25, 0.3) is 0 Å². The highest BCUT2D eigenvalue weighted by Gasteiger charge is 2.45. The Bertz CT molecular complexity index is 288. The maximum atomic E-state index is 9.93. The van der Waals surface area contributed by atoms with Gasteiger partial charge < -0.3 is 5.11 Å². The minimum absolute atomic E-state index is 0.119. The van der Waals surface area contributed by atoms with Crippen LogP contribution in [0.2, 0.25) is 0 Å². The molecule has 1 aliphatic carbocycles. The van der Waals surface area contributed by atoms with E-state index in [-0.39, 0.29) is 11.5 Å². The summed E-state index contributed by atoms with van der Waals surface area (Å²) >= 11 is 0. The number of nitrogens with zero attached hydrogens (tertiary/aromatic N) is 2. The molecule has 3 heteroatoms. The van der Waals surface area contributed by atoms with Crippen molar-refractivity contribution in [3.8, 4) is 0 Å². The van der Waals surface area contributed by atoms with E-state index in [9.17, 15) is 5.11 Å². The van der Waals surface area contributed by atoms with Crippen molar-refractivity contribution in [3.63, 3.8) is 0 Å². The monoisotopic (exact) mass is 166 g/mol. The van der Waals surface area contributed by atoms with Gasteiger partial charge in [-0.2, -0.15) is 5.10 Å². The van der Waals surface area contributed by atoms with Gasteiger partial charge in [-0.1, -0.05) is 6.92 Å². The molecule has 0 spiro atoms. The summed E-state index contributed by atoms with van der Waals surface area (Å²) in [5.74, 6) is 0. The second-order valence-electron chi connectivity index (χ2n) is 3.94. The van der Waals surface area contributed by atoms with Crippen molar-refractivity contribution in [1.82, 2.24) is 9.78 Å². The van der Waals surface area contributed by atoms with Crippen molar-refractivity contribution < 1.29 is 5.11 Å². The summed E-state index contributed by atoms with van der Waals surface area (Å²) in [6, 6.07) is 1.88. The molecule has 0 radical (unpaired) electrons. The molecule has 1 fully saturated rings. The third-order valence-electron chi connectivity index (χ3n) is 2.84. The van der Waals surface area contributed by atoms with Crippen LogP contribution >= 0.6 is 0 Å². The minimum atomic E-state index is -0.343. The lowest BCUT2D eigenvalue weighted by atomic mass is 9.99. The maximum Gasteiger partial charge on any atom is 0.101 e. The van der Waals surface area contributed by atoms with Gasteiger partial charge in [-0.3, -0.25) is 4.68 Å². The fourth-order valence-electron chi connectivity index (χ4n) is 1.48. The van der Waals surface area contributed by atoms with E-state index >= 15 is 0 Å². The second kappa shape index (κ2) is 2.33. The van der Waals surface area contributed by atoms with Crippen LogP contribution in [-0.2, 0) is 7.05 Å². The van der Waals surface area contributed by atoms with E-state index in [2.05, 4.69) is 12.0 Å². The Morgan fingerprint density at radius 1 is 1.67 bits per heavy atom. The Labute approximate surface area is 72.0 Å². The number of rotatable bonds is 2. The number of aromatic nitrogens is 2. The molecule has 0 bridgehead atoms. The van der Waals surface area contributed by atoms with E-state index in [0.717, 1.165) is 18.5 Å². The third-order valence-corrected chi connectivity index (χ3v) is 2.84. The van der Waals surface area contributed by atoms with Crippen molar-refractivity contribution in [3.05, 3.63) is 18.0 Å². The van der Waals surface area contributed by atoms with Gasteiger partial charge in [-0.15, -0.1) is 0 Å². The summed E-state index contributed by atoms with van der Waals surface area (Å²) in [6.45, 7) is 2.12. The topological polar surface area (TPSA) is 38.0 Å². The van der Waals surface area contributed by atoms with Crippen molar-refractivity contribution in [2.24, 2.45) is 12.5 Å². The Morgan fingerprint density at radius 3 is 2.75 bits per heavy atom. The number of aliphatic hydroxyl groups excluding tert-OH is 1. The average Bonchev–Trinajstić information content (AvgIpc) is 2.63. The Hall–Kier alpha value is -0.830. The maximum absolute atomic E-state index is 9.93. The van der Waals surface area contributed by atoms with E-state index in [1.165, 1.54) is 0 Å². The van der Waals surface area contributed by atoms with Gasteiger partial charge in [-0.05, 0) is 24.3 Å². The highest BCUT2D eigenvalue weighted by Crippen LogP contribution is 2.54. The van der Waals surface area contributed by atoms with Crippen LogP contribution in [0.3, 0.4) is 0 Å². The van der Waals surface area contributed by atoms with Crippen LogP contribution < -0.4 is 0 Å². The summed E-state index contributed by atoms with van der Waals surface area (Å²) in [7, 11) is 1.87. The van der Waals surface area contributed by atoms with E-state index < -0.39 is 0 Å². The van der Waals surface area contributed by atoms with E-state index in [4.69, 9.17) is 0 Å². The van der Waals surface area contributed by atoms with Gasteiger partial charge in [0.1, 0.15) is 6.10 Å². The molecule has 12 heavy (non-hydrogen) atoms. The smallest absolute Gasteiger partial charge is 0.101 e. The average molecular weight is 166 g/mol. The number of aryl methyl sites for hydroxylation is 1. The van der Waals surface area contributed by atoms with E-state index in [1.54, 1.807) is 10.9 Å². The van der Waals surface area contributed by atoms with Crippen LogP contribution in [0.1, 0.15) is 31.6 Å². The minimum Gasteiger partial charge on any atom is -0.386 e. The van der Waals surface area contributed by atoms with Crippen LogP contribution in [0, 0.1) is 5.41 Å². The first kappa shape index (κ1) is 7.80. The first-order valence-electron chi connectivity index (χ1n) is 4.29. The highest BCUT2D eigenvalue weighted by molar-refractivity contribution is 5.12. The Morgan fingerprint density at radius 2 is 2.33 bits per heavy atom. The SMILES string of the molecule is Cn1nccc1C(O)C1(C)CC1. The molecular weight excluding hydrogens is 152 g/mol. The van der Waals surface area contributed by atoms with Gasteiger partial charge in [0.05, 0.1) is 5.69 Å². The van der Waals surface area contributed by atoms with Crippen molar-refractivity contribution in [2.75, 3.05) is 0 Å². The molecule has 66 valence electrons. The lowest BCUT2D eigenvalue weighted by Gasteiger charge is -2.17. The summed E-state index contributed by atoms with van der Waals surface area (Å²) in [4.78, 5) is 0. The molecule has 0 aromatic carbocycles. The van der Waals surface area contributed by atoms with E-state index in [1.807, 2.05) is 13.1 Å². The predicted molar refractivity (Wildman–Crippen MR) is 45.5 cm³/mol. The normalized spacial score (nSPS) is 22.2. The molecule has 1 saturated carbocycles. The molecule has 1 heterocycles. The zero-order chi connectivity index (χ0) is 8.77. The van der Waals surface area contributed by atoms with Gasteiger partial charge in [0.25, 0.3) is 0 Å². The van der Waals surface area contributed by atoms with Crippen molar-refractivity contribution in [1.29, 1.82) is 0 Å². The van der Waals surface area contributed by atoms with Crippen LogP contribution in [0.5, 0.6) is 0 Å². The quantitative estimate of drug-likeness (QED) is 0.718. The largest absolute Gasteiger partial charge is 0.386 e. The van der Waals surface area contributed by atoms with Crippen molar-refractivity contribution >= 4 is 0 Å². The van der Waals surface area contributed by atoms with Gasteiger partial charge in [0, 0.05) is 13.2 Å². The van der Waals surface area contributed by atoms with Crippen LogP contribution in [0.4, 0.5) is 0 Å². The molecule has 1 atom stereocenters. The summed E-state index contributed by atoms with van der Waals surface area (Å²) in [5, 5.41) is 14.0. The zero-order valence-corrected chi connectivity index (χ0v) is 7.49. The molecule has 2 rings (SSSR count). The van der Waals surface area contributed by atoms with Crippen LogP contribution in [0.15, 0.2) is 12.3 Å². The first-order chi connectivity index (χ1) is 5.63. The van der Waals surface area contributed by atoms with Gasteiger partial charge in [-0.25, -0.2) is 0 Å². The number of aliphatic hydroxyl groups is 1. The molecule has 1 unspecified atom stereocenters. The molecule has 1 N–H and O–H groups in total. The van der Waals surface area contributed by atoms with Gasteiger partial charge >= 0.3 is 0 Å². The molecule has 1 aromatic heterocycles. The van der Waals surface area contributed by atoms with Crippen molar-refractivity contribution in [2.45, 2.75) is 25.9 Å². The predicted octanol–water partition coefficient (Wildman–Crippen LogP) is 1.25. The standard InChI is InChI=1S/C9H14N2O/c1-9(4-5-9)8(12)7-3-6-10-11(7)2/h3,6,8,12H,4-5H2,1-2H3. The van der Waals surface area contributed by atoms with Gasteiger partial charge in [0.15, 0.2) is 0 Å². The molecular formula is C9H14N2O. The van der Waals surface area contributed by atoms with Crippen LogP contribution in [-0.4, -0.2) is 14.9 Å². The Kier molecular flexibility index (Phi) is 1.51. The fraction of sp³-hybridized carbons (Fsp3) is 0.667. The molecule has 3 nitrogen and oxygen atoms in total. The molecule has 0 aliphatic heterocycles. The highest BCUT2D eigenvalue weighted by atomic mass is 16.3. The molecule has 1 aliphatic rings. The zero-order valence-electron chi connectivity index (χ0n) is 7.49. The summed E-state index contributed by atoms with van der Waals surface area (Å²) < 4.78 is 1.74. The second-order valence-corrected chi connectivity index (χ2v) is 3.94. The number of hydrogen-bond donors (Lipinski definition) is 1. The molecule has 0 amide bonds. The Balaban J connectivity index is 2.25. The molecule has 0 saturated heterocycles. The van der Waals surface area contributed by atoms with Gasteiger partial charge in [0.2, 0.25) is 0 Å². The lowest BCUT2D eigenvalue weighted by Crippen LogP contribution is -2.13. The third kappa shape index (κ3) is 1.05. The summed E-state index contributed by atoms with van der Waals surface area (Å²) in [6.07, 6.45) is 3.63. The number of hydrogen-bond acceptors (Lipinski definition) is 2. The summed E-state index contributed by atoms with van der Waals surface area (Å²) in [5.41, 5.74) is 1.04. The fourth-order valence-corrected chi connectivity index (χ4v) is 1.48. The molecule has 1 aromatic rings.